The Morgan fingerprint density at radius 3 is 2.53 bits per heavy atom. The molecule has 3 atom stereocenters. The summed E-state index contributed by atoms with van der Waals surface area (Å²) >= 11 is 0. The number of unbranched alkanes of at least 4 members (excludes halogenated alkanes) is 1. The van der Waals surface area contributed by atoms with Crippen molar-refractivity contribution >= 4 is 23.2 Å². The highest BCUT2D eigenvalue weighted by Gasteiger charge is 2.37. The molecule has 1 fully saturated rings. The van der Waals surface area contributed by atoms with Gasteiger partial charge in [0.2, 0.25) is 12.1 Å². The summed E-state index contributed by atoms with van der Waals surface area (Å²) < 4.78 is 14.8. The number of halogens is 1. The number of hydrogen-bond donors (Lipinski definition) is 2. The molecule has 2 aromatic carbocycles. The van der Waals surface area contributed by atoms with Crippen molar-refractivity contribution in [3.8, 4) is 0 Å². The summed E-state index contributed by atoms with van der Waals surface area (Å²) in [7, 11) is 1.62. The number of carbonyl (C=O) groups is 2. The number of hydrogen-bond acceptors (Lipinski definition) is 4. The van der Waals surface area contributed by atoms with Gasteiger partial charge in [-0.25, -0.2) is 9.38 Å². The van der Waals surface area contributed by atoms with Crippen LogP contribution in [0.25, 0.3) is 0 Å². The van der Waals surface area contributed by atoms with Crippen molar-refractivity contribution < 1.29 is 19.1 Å². The topological polar surface area (TPSA) is 82.0 Å². The standard InChI is InChI=1S/C27H32FN3O3/c1-3-4-13-23(32)20(16-17-14-15-17)26(33)30-25-27(34)31(2)22-12-8-6-10-19(22)24(29-25)18-9-5-7-11-21(18)28/h5-12,17,20,23,25,32H,3-4,13-16H2,1-2H3,(H,30,33). The molecule has 2 aliphatic rings. The quantitative estimate of drug-likeness (QED) is 0.586. The molecular weight excluding hydrogens is 433 g/mol. The lowest BCUT2D eigenvalue weighted by Gasteiger charge is -2.25. The first-order valence-corrected chi connectivity index (χ1v) is 12.1. The van der Waals surface area contributed by atoms with Gasteiger partial charge in [-0.05, 0) is 37.0 Å². The van der Waals surface area contributed by atoms with E-state index in [1.807, 2.05) is 13.0 Å². The number of aliphatic imine (C=N–C) groups is 1. The highest BCUT2D eigenvalue weighted by Crippen LogP contribution is 2.37. The van der Waals surface area contributed by atoms with Gasteiger partial charge in [-0.2, -0.15) is 0 Å². The molecule has 1 heterocycles. The van der Waals surface area contributed by atoms with Crippen LogP contribution in [-0.2, 0) is 9.59 Å². The number of likely N-dealkylation sites (N-methyl/N-ethyl adjacent to an activating group) is 1. The number of para-hydroxylation sites is 1. The van der Waals surface area contributed by atoms with Crippen LogP contribution in [0.2, 0.25) is 0 Å². The van der Waals surface area contributed by atoms with Crippen LogP contribution in [0.15, 0.2) is 53.5 Å². The van der Waals surface area contributed by atoms with E-state index in [0.29, 0.717) is 35.7 Å². The van der Waals surface area contributed by atoms with E-state index in [9.17, 15) is 19.1 Å². The van der Waals surface area contributed by atoms with Crippen LogP contribution in [0.1, 0.15) is 56.6 Å². The highest BCUT2D eigenvalue weighted by atomic mass is 19.1. The molecule has 2 amide bonds. The van der Waals surface area contributed by atoms with Crippen molar-refractivity contribution in [2.75, 3.05) is 11.9 Å². The predicted molar refractivity (Wildman–Crippen MR) is 130 cm³/mol. The van der Waals surface area contributed by atoms with Gasteiger partial charge in [0.15, 0.2) is 0 Å². The summed E-state index contributed by atoms with van der Waals surface area (Å²) in [5.74, 6) is -1.43. The zero-order valence-corrected chi connectivity index (χ0v) is 19.7. The van der Waals surface area contributed by atoms with Crippen LogP contribution in [0.5, 0.6) is 0 Å². The smallest absolute Gasteiger partial charge is 0.272 e. The normalized spacial score (nSPS) is 19.6. The lowest BCUT2D eigenvalue weighted by molar-refractivity contribution is -0.133. The van der Waals surface area contributed by atoms with E-state index in [4.69, 9.17) is 0 Å². The number of amides is 2. The maximum Gasteiger partial charge on any atom is 0.272 e. The Hall–Kier alpha value is -3.06. The first-order valence-electron chi connectivity index (χ1n) is 12.1. The molecule has 1 aliphatic carbocycles. The first-order chi connectivity index (χ1) is 16.4. The third-order valence-corrected chi connectivity index (χ3v) is 6.69. The number of fused-ring (bicyclic) bond motifs is 1. The van der Waals surface area contributed by atoms with Crippen LogP contribution >= 0.6 is 0 Å². The number of nitrogens with one attached hydrogen (secondary N) is 1. The van der Waals surface area contributed by atoms with Gasteiger partial charge < -0.3 is 15.3 Å². The maximum absolute atomic E-state index is 14.8. The van der Waals surface area contributed by atoms with E-state index in [0.717, 1.165) is 25.7 Å². The van der Waals surface area contributed by atoms with Gasteiger partial charge in [0.05, 0.1) is 23.4 Å². The largest absolute Gasteiger partial charge is 0.392 e. The number of rotatable bonds is 9. The Kier molecular flexibility index (Phi) is 7.41. The third kappa shape index (κ3) is 5.20. The number of benzodiazepines with no additional fused rings is 1. The minimum atomic E-state index is -1.22. The molecule has 0 saturated heterocycles. The summed E-state index contributed by atoms with van der Waals surface area (Å²) in [6.07, 6.45) is 3.00. The SMILES string of the molecule is CCCCC(O)C(CC1CC1)C(=O)NC1N=C(c2ccccc2F)c2ccccc2N(C)C1=O. The second-order valence-corrected chi connectivity index (χ2v) is 9.28. The number of aliphatic hydroxyl groups excluding tert-OH is 1. The molecule has 1 aliphatic heterocycles. The molecule has 4 rings (SSSR count). The van der Waals surface area contributed by atoms with E-state index in [2.05, 4.69) is 10.3 Å². The van der Waals surface area contributed by atoms with Crippen LogP contribution in [0.3, 0.4) is 0 Å². The summed E-state index contributed by atoms with van der Waals surface area (Å²) in [5.41, 5.74) is 1.76. The molecule has 34 heavy (non-hydrogen) atoms. The average molecular weight is 466 g/mol. The van der Waals surface area contributed by atoms with Crippen LogP contribution in [0, 0.1) is 17.7 Å². The van der Waals surface area contributed by atoms with Gasteiger partial charge in [-0.1, -0.05) is 62.9 Å². The average Bonchev–Trinajstić information content (AvgIpc) is 3.68. The number of anilines is 1. The molecule has 7 heteroatoms. The van der Waals surface area contributed by atoms with Crippen molar-refractivity contribution in [1.29, 1.82) is 0 Å². The molecule has 0 aromatic heterocycles. The Bertz CT molecular complexity index is 1080. The fourth-order valence-electron chi connectivity index (χ4n) is 4.49. The van der Waals surface area contributed by atoms with Crippen LogP contribution in [0.4, 0.5) is 10.1 Å². The van der Waals surface area contributed by atoms with Gasteiger partial charge >= 0.3 is 0 Å². The number of benzene rings is 2. The summed E-state index contributed by atoms with van der Waals surface area (Å²) in [6, 6.07) is 13.4. The molecule has 0 bridgehead atoms. The lowest BCUT2D eigenvalue weighted by atomic mass is 9.91. The third-order valence-electron chi connectivity index (χ3n) is 6.69. The van der Waals surface area contributed by atoms with Crippen LogP contribution in [-0.4, -0.2) is 41.9 Å². The van der Waals surface area contributed by atoms with Gasteiger partial charge in [-0.3, -0.25) is 9.59 Å². The Morgan fingerprint density at radius 1 is 1.18 bits per heavy atom. The van der Waals surface area contributed by atoms with Crippen LogP contribution < -0.4 is 10.2 Å². The van der Waals surface area contributed by atoms with Gasteiger partial charge in [0.1, 0.15) is 5.82 Å². The molecule has 3 unspecified atom stereocenters. The summed E-state index contributed by atoms with van der Waals surface area (Å²) in [6.45, 7) is 2.04. The van der Waals surface area contributed by atoms with E-state index in [1.165, 1.54) is 11.0 Å². The molecular formula is C27H32FN3O3. The Morgan fingerprint density at radius 2 is 1.85 bits per heavy atom. The van der Waals surface area contributed by atoms with E-state index in [1.54, 1.807) is 43.4 Å². The predicted octanol–water partition coefficient (Wildman–Crippen LogP) is 4.05. The molecule has 2 aromatic rings. The molecule has 1 saturated carbocycles. The minimum Gasteiger partial charge on any atom is -0.392 e. The van der Waals surface area contributed by atoms with E-state index in [-0.39, 0.29) is 11.5 Å². The maximum atomic E-state index is 14.8. The molecule has 0 spiro atoms. The number of nitrogens with zero attached hydrogens (tertiary/aromatic N) is 2. The van der Waals surface area contributed by atoms with E-state index < -0.39 is 29.9 Å². The second kappa shape index (κ2) is 10.5. The van der Waals surface area contributed by atoms with Crippen molar-refractivity contribution in [2.24, 2.45) is 16.8 Å². The van der Waals surface area contributed by atoms with Crippen molar-refractivity contribution in [3.63, 3.8) is 0 Å². The zero-order valence-electron chi connectivity index (χ0n) is 19.7. The van der Waals surface area contributed by atoms with Gasteiger partial charge in [-0.15, -0.1) is 0 Å². The molecule has 6 nitrogen and oxygen atoms in total. The fraction of sp³-hybridized carbons (Fsp3) is 0.444. The highest BCUT2D eigenvalue weighted by molar-refractivity contribution is 6.20. The Labute approximate surface area is 199 Å². The zero-order chi connectivity index (χ0) is 24.2. The van der Waals surface area contributed by atoms with Crippen molar-refractivity contribution in [1.82, 2.24) is 5.32 Å². The van der Waals surface area contributed by atoms with Crippen molar-refractivity contribution in [2.45, 2.75) is 57.7 Å². The number of carbonyl (C=O) groups excluding carboxylic acids is 2. The monoisotopic (exact) mass is 465 g/mol. The summed E-state index contributed by atoms with van der Waals surface area (Å²) in [5, 5.41) is 13.5. The first kappa shape index (κ1) is 24.1. The molecule has 180 valence electrons. The lowest BCUT2D eigenvalue weighted by Crippen LogP contribution is -2.49. The minimum absolute atomic E-state index is 0.259. The number of aliphatic hydroxyl groups is 1. The van der Waals surface area contributed by atoms with Crippen molar-refractivity contribution in [3.05, 3.63) is 65.5 Å². The Balaban J connectivity index is 1.68. The van der Waals surface area contributed by atoms with Gasteiger partial charge in [0.25, 0.3) is 5.91 Å². The molecule has 0 radical (unpaired) electrons. The fourth-order valence-corrected chi connectivity index (χ4v) is 4.49. The van der Waals surface area contributed by atoms with Gasteiger partial charge in [0, 0.05) is 18.2 Å². The second-order valence-electron chi connectivity index (χ2n) is 9.28. The van der Waals surface area contributed by atoms with E-state index >= 15 is 0 Å². The summed E-state index contributed by atoms with van der Waals surface area (Å²) in [4.78, 5) is 32.7. The molecule has 2 N–H and O–H groups in total.